The zero-order chi connectivity index (χ0) is 7.95. The van der Waals surface area contributed by atoms with E-state index < -0.39 is 5.67 Å². The van der Waals surface area contributed by atoms with E-state index in [1.165, 1.54) is 12.8 Å². The number of terminal acetylenes is 1. The molecule has 1 saturated heterocycles. The fourth-order valence-corrected chi connectivity index (χ4v) is 1.64. The molecule has 0 bridgehead atoms. The average molecular weight is 153 g/mol. The molecule has 1 atom stereocenters. The van der Waals surface area contributed by atoms with Crippen molar-refractivity contribution < 1.29 is 4.39 Å². The van der Waals surface area contributed by atoms with Crippen LogP contribution in [-0.4, -0.2) is 17.8 Å². The van der Waals surface area contributed by atoms with Crippen LogP contribution in [0.4, 0.5) is 4.39 Å². The zero-order valence-corrected chi connectivity index (χ0v) is 6.49. The second-order valence-corrected chi connectivity index (χ2v) is 3.74. The molecule has 1 nitrogen and oxygen atoms in total. The van der Waals surface area contributed by atoms with Crippen LogP contribution >= 0.6 is 0 Å². The quantitative estimate of drug-likeness (QED) is 0.516. The Labute approximate surface area is 66.4 Å². The largest absolute Gasteiger partial charge is 0.307 e. The SMILES string of the molecule is C#CC1(F)CCC2(CC2)NC1. The van der Waals surface area contributed by atoms with Crippen molar-refractivity contribution in [2.45, 2.75) is 36.9 Å². The summed E-state index contributed by atoms with van der Waals surface area (Å²) in [5.74, 6) is 2.22. The summed E-state index contributed by atoms with van der Waals surface area (Å²) in [5.41, 5.74) is -1.07. The minimum absolute atomic E-state index is 0.298. The molecule has 0 amide bonds. The van der Waals surface area contributed by atoms with Gasteiger partial charge in [-0.1, -0.05) is 5.92 Å². The Morgan fingerprint density at radius 2 is 1.91 bits per heavy atom. The van der Waals surface area contributed by atoms with Crippen LogP contribution in [0.5, 0.6) is 0 Å². The number of hydrogen-bond acceptors (Lipinski definition) is 1. The number of halogens is 1. The van der Waals surface area contributed by atoms with E-state index >= 15 is 0 Å². The van der Waals surface area contributed by atoms with E-state index in [-0.39, 0.29) is 0 Å². The first-order valence-electron chi connectivity index (χ1n) is 4.10. The van der Waals surface area contributed by atoms with Gasteiger partial charge in [-0.2, -0.15) is 0 Å². The van der Waals surface area contributed by atoms with Gasteiger partial charge in [0.1, 0.15) is 0 Å². The van der Waals surface area contributed by atoms with Gasteiger partial charge in [-0.25, -0.2) is 4.39 Å². The van der Waals surface area contributed by atoms with Crippen LogP contribution in [0.2, 0.25) is 0 Å². The molecule has 1 saturated carbocycles. The van der Waals surface area contributed by atoms with Gasteiger partial charge in [0.05, 0.1) is 0 Å². The summed E-state index contributed by atoms with van der Waals surface area (Å²) in [6.07, 6.45) is 8.93. The van der Waals surface area contributed by atoms with Crippen LogP contribution in [-0.2, 0) is 0 Å². The lowest BCUT2D eigenvalue weighted by Gasteiger charge is -2.31. The Morgan fingerprint density at radius 1 is 1.27 bits per heavy atom. The van der Waals surface area contributed by atoms with E-state index in [2.05, 4.69) is 11.2 Å². The molecular formula is C9H12FN. The first kappa shape index (κ1) is 7.12. The molecule has 1 N–H and O–H groups in total. The summed E-state index contributed by atoms with van der Waals surface area (Å²) < 4.78 is 13.4. The van der Waals surface area contributed by atoms with E-state index in [1.807, 2.05) is 0 Å². The van der Waals surface area contributed by atoms with Crippen LogP contribution in [0.3, 0.4) is 0 Å². The van der Waals surface area contributed by atoms with Crippen molar-refractivity contribution in [3.8, 4) is 12.3 Å². The normalized spacial score (nSPS) is 40.0. The fraction of sp³-hybridized carbons (Fsp3) is 0.778. The molecule has 1 spiro atoms. The monoisotopic (exact) mass is 153 g/mol. The lowest BCUT2D eigenvalue weighted by Crippen LogP contribution is -2.48. The smallest absolute Gasteiger partial charge is 0.182 e. The lowest BCUT2D eigenvalue weighted by molar-refractivity contribution is 0.159. The van der Waals surface area contributed by atoms with E-state index in [9.17, 15) is 4.39 Å². The lowest BCUT2D eigenvalue weighted by atomic mass is 9.91. The highest BCUT2D eigenvalue weighted by atomic mass is 19.1. The predicted molar refractivity (Wildman–Crippen MR) is 41.9 cm³/mol. The second kappa shape index (κ2) is 1.98. The first-order valence-corrected chi connectivity index (χ1v) is 4.10. The van der Waals surface area contributed by atoms with Crippen molar-refractivity contribution in [1.82, 2.24) is 5.32 Å². The summed E-state index contributed by atoms with van der Waals surface area (Å²) >= 11 is 0. The highest BCUT2D eigenvalue weighted by molar-refractivity contribution is 5.17. The molecule has 0 aromatic heterocycles. The van der Waals surface area contributed by atoms with Crippen molar-refractivity contribution in [3.63, 3.8) is 0 Å². The van der Waals surface area contributed by atoms with Gasteiger partial charge in [0.25, 0.3) is 0 Å². The molecule has 2 aliphatic rings. The van der Waals surface area contributed by atoms with Gasteiger partial charge < -0.3 is 5.32 Å². The maximum Gasteiger partial charge on any atom is 0.182 e. The van der Waals surface area contributed by atoms with Crippen LogP contribution < -0.4 is 5.32 Å². The third-order valence-corrected chi connectivity index (χ3v) is 2.86. The summed E-state index contributed by atoms with van der Waals surface area (Å²) in [4.78, 5) is 0. The molecule has 60 valence electrons. The van der Waals surface area contributed by atoms with Crippen molar-refractivity contribution in [1.29, 1.82) is 0 Å². The van der Waals surface area contributed by atoms with Crippen LogP contribution in [0, 0.1) is 12.3 Å². The highest BCUT2D eigenvalue weighted by Crippen LogP contribution is 2.44. The van der Waals surface area contributed by atoms with E-state index in [4.69, 9.17) is 6.42 Å². The Bertz CT molecular complexity index is 202. The van der Waals surface area contributed by atoms with Gasteiger partial charge in [0, 0.05) is 12.1 Å². The Kier molecular flexibility index (Phi) is 1.28. The van der Waals surface area contributed by atoms with Crippen LogP contribution in [0.25, 0.3) is 0 Å². The van der Waals surface area contributed by atoms with E-state index in [1.54, 1.807) is 0 Å². The van der Waals surface area contributed by atoms with Crippen molar-refractivity contribution >= 4 is 0 Å². The summed E-state index contributed by atoms with van der Waals surface area (Å²) in [5, 5.41) is 3.19. The molecule has 1 unspecified atom stereocenters. The number of piperidine rings is 1. The topological polar surface area (TPSA) is 12.0 Å². The van der Waals surface area contributed by atoms with Crippen LogP contribution in [0.1, 0.15) is 25.7 Å². The highest BCUT2D eigenvalue weighted by Gasteiger charge is 2.48. The number of alkyl halides is 1. The predicted octanol–water partition coefficient (Wildman–Crippen LogP) is 1.24. The molecule has 2 heteroatoms. The minimum atomic E-state index is -1.37. The molecule has 0 aromatic carbocycles. The fourth-order valence-electron chi connectivity index (χ4n) is 1.64. The minimum Gasteiger partial charge on any atom is -0.307 e. The Balaban J connectivity index is 2.00. The summed E-state index contributed by atoms with van der Waals surface area (Å²) in [6.45, 7) is 0.351. The average Bonchev–Trinajstić information content (AvgIpc) is 2.78. The number of hydrogen-bond donors (Lipinski definition) is 1. The number of nitrogens with one attached hydrogen (secondary N) is 1. The van der Waals surface area contributed by atoms with Gasteiger partial charge in [-0.15, -0.1) is 6.42 Å². The molecule has 1 heterocycles. The summed E-state index contributed by atoms with van der Waals surface area (Å²) in [6, 6.07) is 0. The van der Waals surface area contributed by atoms with Gasteiger partial charge in [-0.3, -0.25) is 0 Å². The van der Waals surface area contributed by atoms with Gasteiger partial charge >= 0.3 is 0 Å². The summed E-state index contributed by atoms with van der Waals surface area (Å²) in [7, 11) is 0. The maximum atomic E-state index is 13.4. The van der Waals surface area contributed by atoms with Crippen molar-refractivity contribution in [2.75, 3.05) is 6.54 Å². The van der Waals surface area contributed by atoms with E-state index in [0.717, 1.165) is 6.42 Å². The molecule has 2 fully saturated rings. The van der Waals surface area contributed by atoms with Gasteiger partial charge in [-0.05, 0) is 25.7 Å². The second-order valence-electron chi connectivity index (χ2n) is 3.74. The molecule has 0 radical (unpaired) electrons. The zero-order valence-electron chi connectivity index (χ0n) is 6.49. The van der Waals surface area contributed by atoms with Crippen molar-refractivity contribution in [3.05, 3.63) is 0 Å². The maximum absolute atomic E-state index is 13.4. The molecule has 0 aromatic rings. The van der Waals surface area contributed by atoms with E-state index in [0.29, 0.717) is 18.5 Å². The third-order valence-electron chi connectivity index (χ3n) is 2.86. The first-order chi connectivity index (χ1) is 5.18. The van der Waals surface area contributed by atoms with Crippen molar-refractivity contribution in [2.24, 2.45) is 0 Å². The van der Waals surface area contributed by atoms with Gasteiger partial charge in [0.15, 0.2) is 5.67 Å². The molecule has 1 aliphatic heterocycles. The molecule has 2 rings (SSSR count). The van der Waals surface area contributed by atoms with Crippen LogP contribution in [0.15, 0.2) is 0 Å². The Hall–Kier alpha value is -0.550. The standard InChI is InChI=1S/C9H12FN/c1-2-8(10)3-4-9(5-6-9)11-7-8/h1,11H,3-7H2. The molecule has 1 aliphatic carbocycles. The van der Waals surface area contributed by atoms with Gasteiger partial charge in [0.2, 0.25) is 0 Å². The molecule has 11 heavy (non-hydrogen) atoms. The molecular weight excluding hydrogens is 141 g/mol. The third kappa shape index (κ3) is 1.14. The number of rotatable bonds is 0. The Morgan fingerprint density at radius 3 is 2.27 bits per heavy atom.